The maximum Gasteiger partial charge on any atom is 0.253 e. The SMILES string of the molecule is COc1cccc(C(=O)NC(C)C(C)CO)c1N. The number of para-hydroxylation sites is 1. The van der Waals surface area contributed by atoms with Gasteiger partial charge in [0.2, 0.25) is 0 Å². The molecule has 1 amide bonds. The number of nitrogens with one attached hydrogen (secondary N) is 1. The van der Waals surface area contributed by atoms with E-state index in [4.69, 9.17) is 15.6 Å². The molecule has 0 saturated carbocycles. The van der Waals surface area contributed by atoms with E-state index < -0.39 is 0 Å². The number of carbonyl (C=O) groups excluding carboxylic acids is 1. The van der Waals surface area contributed by atoms with Crippen molar-refractivity contribution in [3.63, 3.8) is 0 Å². The van der Waals surface area contributed by atoms with Gasteiger partial charge in [0.25, 0.3) is 5.91 Å². The number of aliphatic hydroxyl groups is 1. The first kappa shape index (κ1) is 14.3. The summed E-state index contributed by atoms with van der Waals surface area (Å²) in [6.07, 6.45) is 0. The number of aliphatic hydroxyl groups excluding tert-OH is 1. The van der Waals surface area contributed by atoms with Crippen LogP contribution in [0.2, 0.25) is 0 Å². The van der Waals surface area contributed by atoms with Crippen LogP contribution in [-0.2, 0) is 0 Å². The molecular formula is C13H20N2O3. The van der Waals surface area contributed by atoms with Crippen LogP contribution in [0.15, 0.2) is 18.2 Å². The number of nitrogen functional groups attached to an aromatic ring is 1. The molecule has 18 heavy (non-hydrogen) atoms. The first-order chi connectivity index (χ1) is 8.51. The van der Waals surface area contributed by atoms with Crippen molar-refractivity contribution in [2.75, 3.05) is 19.5 Å². The summed E-state index contributed by atoms with van der Waals surface area (Å²) in [6, 6.07) is 4.92. The lowest BCUT2D eigenvalue weighted by atomic mass is 10.0. The molecule has 0 bridgehead atoms. The summed E-state index contributed by atoms with van der Waals surface area (Å²) in [5, 5.41) is 11.8. The topological polar surface area (TPSA) is 84.6 Å². The van der Waals surface area contributed by atoms with Crippen molar-refractivity contribution in [2.45, 2.75) is 19.9 Å². The minimum absolute atomic E-state index is 0.0132. The van der Waals surface area contributed by atoms with Crippen LogP contribution in [-0.4, -0.2) is 30.8 Å². The highest BCUT2D eigenvalue weighted by molar-refractivity contribution is 6.00. The van der Waals surface area contributed by atoms with E-state index in [-0.39, 0.29) is 24.5 Å². The monoisotopic (exact) mass is 252 g/mol. The molecule has 4 N–H and O–H groups in total. The molecule has 0 saturated heterocycles. The molecule has 0 aliphatic carbocycles. The summed E-state index contributed by atoms with van der Waals surface area (Å²) in [4.78, 5) is 12.0. The molecule has 0 spiro atoms. The van der Waals surface area contributed by atoms with Crippen molar-refractivity contribution in [1.82, 2.24) is 5.32 Å². The van der Waals surface area contributed by atoms with Crippen molar-refractivity contribution in [2.24, 2.45) is 5.92 Å². The average Bonchev–Trinajstić information content (AvgIpc) is 2.37. The average molecular weight is 252 g/mol. The molecular weight excluding hydrogens is 232 g/mol. The fraction of sp³-hybridized carbons (Fsp3) is 0.462. The Labute approximate surface area is 107 Å². The number of amides is 1. The molecule has 1 aromatic rings. The zero-order chi connectivity index (χ0) is 13.7. The molecule has 0 aliphatic heterocycles. The lowest BCUT2D eigenvalue weighted by Gasteiger charge is -2.20. The molecule has 100 valence electrons. The van der Waals surface area contributed by atoms with Gasteiger partial charge in [-0.3, -0.25) is 4.79 Å². The normalized spacial score (nSPS) is 13.8. The third-order valence-electron chi connectivity index (χ3n) is 3.03. The number of carbonyl (C=O) groups is 1. The standard InChI is InChI=1S/C13H20N2O3/c1-8(7-16)9(2)15-13(17)10-5-4-6-11(18-3)12(10)14/h4-6,8-9,16H,7,14H2,1-3H3,(H,15,17). The molecule has 0 radical (unpaired) electrons. The zero-order valence-electron chi connectivity index (χ0n) is 10.9. The van der Waals surface area contributed by atoms with Gasteiger partial charge < -0.3 is 20.9 Å². The quantitative estimate of drug-likeness (QED) is 0.683. The summed E-state index contributed by atoms with van der Waals surface area (Å²) in [5.74, 6) is 0.200. The maximum absolute atomic E-state index is 12.0. The number of benzene rings is 1. The van der Waals surface area contributed by atoms with Crippen LogP contribution >= 0.6 is 0 Å². The van der Waals surface area contributed by atoms with Gasteiger partial charge in [-0.1, -0.05) is 13.0 Å². The molecule has 1 rings (SSSR count). The van der Waals surface area contributed by atoms with Crippen molar-refractivity contribution >= 4 is 11.6 Å². The second-order valence-corrected chi connectivity index (χ2v) is 4.34. The third-order valence-corrected chi connectivity index (χ3v) is 3.03. The highest BCUT2D eigenvalue weighted by Gasteiger charge is 2.18. The number of methoxy groups -OCH3 is 1. The van der Waals surface area contributed by atoms with E-state index in [1.54, 1.807) is 18.2 Å². The molecule has 0 aliphatic rings. The van der Waals surface area contributed by atoms with E-state index >= 15 is 0 Å². The predicted molar refractivity (Wildman–Crippen MR) is 70.6 cm³/mol. The Kier molecular flexibility index (Phi) is 4.97. The Morgan fingerprint density at radius 1 is 1.50 bits per heavy atom. The van der Waals surface area contributed by atoms with Crippen LogP contribution in [0.4, 0.5) is 5.69 Å². The van der Waals surface area contributed by atoms with E-state index in [0.717, 1.165) is 0 Å². The van der Waals surface area contributed by atoms with Crippen LogP contribution in [0.25, 0.3) is 0 Å². The van der Waals surface area contributed by atoms with Crippen molar-refractivity contribution < 1.29 is 14.6 Å². The van der Waals surface area contributed by atoms with Gasteiger partial charge >= 0.3 is 0 Å². The number of hydrogen-bond acceptors (Lipinski definition) is 4. The minimum Gasteiger partial charge on any atom is -0.495 e. The summed E-state index contributed by atoms with van der Waals surface area (Å²) < 4.78 is 5.06. The molecule has 0 aromatic heterocycles. The van der Waals surface area contributed by atoms with E-state index in [1.807, 2.05) is 13.8 Å². The van der Waals surface area contributed by atoms with Crippen LogP contribution in [0, 0.1) is 5.92 Å². The van der Waals surface area contributed by atoms with Gasteiger partial charge in [0.15, 0.2) is 0 Å². The molecule has 5 nitrogen and oxygen atoms in total. The van der Waals surface area contributed by atoms with Crippen molar-refractivity contribution in [3.05, 3.63) is 23.8 Å². The zero-order valence-corrected chi connectivity index (χ0v) is 10.9. The van der Waals surface area contributed by atoms with Crippen LogP contribution < -0.4 is 15.8 Å². The van der Waals surface area contributed by atoms with Gasteiger partial charge in [-0.05, 0) is 25.0 Å². The summed E-state index contributed by atoms with van der Waals surface area (Å²) in [7, 11) is 1.50. The fourth-order valence-electron chi connectivity index (χ4n) is 1.50. The van der Waals surface area contributed by atoms with E-state index in [2.05, 4.69) is 5.32 Å². The molecule has 0 heterocycles. The fourth-order valence-corrected chi connectivity index (χ4v) is 1.50. The first-order valence-electron chi connectivity index (χ1n) is 5.85. The van der Waals surface area contributed by atoms with Gasteiger partial charge in [-0.15, -0.1) is 0 Å². The van der Waals surface area contributed by atoms with Crippen LogP contribution in [0.5, 0.6) is 5.75 Å². The molecule has 2 unspecified atom stereocenters. The Hall–Kier alpha value is -1.75. The van der Waals surface area contributed by atoms with Gasteiger partial charge in [0.1, 0.15) is 5.75 Å². The molecule has 0 fully saturated rings. The van der Waals surface area contributed by atoms with Crippen molar-refractivity contribution in [3.8, 4) is 5.75 Å². The number of anilines is 1. The molecule has 1 aromatic carbocycles. The summed E-state index contributed by atoms with van der Waals surface area (Å²) >= 11 is 0. The smallest absolute Gasteiger partial charge is 0.253 e. The van der Waals surface area contributed by atoms with Gasteiger partial charge in [-0.25, -0.2) is 0 Å². The molecule has 2 atom stereocenters. The number of rotatable bonds is 5. The van der Waals surface area contributed by atoms with Crippen LogP contribution in [0.1, 0.15) is 24.2 Å². The minimum atomic E-state index is -0.265. The van der Waals surface area contributed by atoms with E-state index in [1.165, 1.54) is 7.11 Å². The molecule has 5 heteroatoms. The first-order valence-corrected chi connectivity index (χ1v) is 5.85. The summed E-state index contributed by atoms with van der Waals surface area (Å²) in [5.41, 5.74) is 6.55. The van der Waals surface area contributed by atoms with Crippen LogP contribution in [0.3, 0.4) is 0 Å². The van der Waals surface area contributed by atoms with E-state index in [9.17, 15) is 4.79 Å². The Morgan fingerprint density at radius 2 is 2.17 bits per heavy atom. The predicted octanol–water partition coefficient (Wildman–Crippen LogP) is 1.02. The van der Waals surface area contributed by atoms with Crippen molar-refractivity contribution in [1.29, 1.82) is 0 Å². The Morgan fingerprint density at radius 3 is 2.72 bits per heavy atom. The second kappa shape index (κ2) is 6.26. The largest absolute Gasteiger partial charge is 0.495 e. The second-order valence-electron chi connectivity index (χ2n) is 4.34. The third kappa shape index (κ3) is 3.13. The maximum atomic E-state index is 12.0. The van der Waals surface area contributed by atoms with E-state index in [0.29, 0.717) is 17.0 Å². The number of ether oxygens (including phenoxy) is 1. The Bertz CT molecular complexity index is 421. The highest BCUT2D eigenvalue weighted by Crippen LogP contribution is 2.24. The van der Waals surface area contributed by atoms with Gasteiger partial charge in [0.05, 0.1) is 18.4 Å². The lowest BCUT2D eigenvalue weighted by Crippen LogP contribution is -2.38. The highest BCUT2D eigenvalue weighted by atomic mass is 16.5. The van der Waals surface area contributed by atoms with Gasteiger partial charge in [-0.2, -0.15) is 0 Å². The number of hydrogen-bond donors (Lipinski definition) is 3. The lowest BCUT2D eigenvalue weighted by molar-refractivity contribution is 0.0917. The summed E-state index contributed by atoms with van der Waals surface area (Å²) in [6.45, 7) is 3.73. The Balaban J connectivity index is 2.85. The number of nitrogens with two attached hydrogens (primary N) is 1. The van der Waals surface area contributed by atoms with Gasteiger partial charge in [0, 0.05) is 12.6 Å².